The molecular formula is C20H23NO4. The predicted octanol–water partition coefficient (Wildman–Crippen LogP) is 3.76. The molecule has 2 rings (SSSR count). The zero-order valence-electron chi connectivity index (χ0n) is 14.7. The molecule has 0 aliphatic rings. The van der Waals surface area contributed by atoms with Gasteiger partial charge in [0, 0.05) is 5.56 Å². The van der Waals surface area contributed by atoms with Gasteiger partial charge in [0.15, 0.2) is 0 Å². The molecule has 1 amide bonds. The number of carbonyl (C=O) groups excluding carboxylic acids is 1. The van der Waals surface area contributed by atoms with Crippen LogP contribution in [0.15, 0.2) is 48.5 Å². The smallest absolute Gasteiger partial charge is 0.305 e. The maximum Gasteiger partial charge on any atom is 0.305 e. The zero-order valence-corrected chi connectivity index (χ0v) is 14.7. The molecular weight excluding hydrogens is 318 g/mol. The summed E-state index contributed by atoms with van der Waals surface area (Å²) < 4.78 is 5.12. The average Bonchev–Trinajstić information content (AvgIpc) is 2.60. The molecule has 25 heavy (non-hydrogen) atoms. The summed E-state index contributed by atoms with van der Waals surface area (Å²) in [6.07, 6.45) is -0.184. The zero-order chi connectivity index (χ0) is 18.4. The first-order chi connectivity index (χ1) is 11.9. The predicted molar refractivity (Wildman–Crippen MR) is 96.0 cm³/mol. The molecule has 1 unspecified atom stereocenters. The average molecular weight is 341 g/mol. The molecule has 2 aromatic carbocycles. The first-order valence-corrected chi connectivity index (χ1v) is 8.17. The second kappa shape index (κ2) is 8.33. The summed E-state index contributed by atoms with van der Waals surface area (Å²) in [6.45, 7) is 4.18. The first-order valence-electron chi connectivity index (χ1n) is 8.17. The van der Waals surface area contributed by atoms with E-state index in [4.69, 9.17) is 4.74 Å². The molecule has 0 aromatic heterocycles. The number of carboxylic acids is 1. The van der Waals surface area contributed by atoms with Gasteiger partial charge in [-0.15, -0.1) is 0 Å². The molecule has 0 aliphatic carbocycles. The number of amides is 1. The minimum atomic E-state index is -0.969. The summed E-state index contributed by atoms with van der Waals surface area (Å²) in [6, 6.07) is 13.8. The lowest BCUT2D eigenvalue weighted by Gasteiger charge is -2.18. The van der Waals surface area contributed by atoms with Gasteiger partial charge in [-0.1, -0.05) is 44.2 Å². The Bertz CT molecular complexity index is 738. The highest BCUT2D eigenvalue weighted by Gasteiger charge is 2.19. The fourth-order valence-corrected chi connectivity index (χ4v) is 2.55. The van der Waals surface area contributed by atoms with Crippen molar-refractivity contribution in [3.05, 3.63) is 65.2 Å². The highest BCUT2D eigenvalue weighted by molar-refractivity contribution is 5.95. The Kier molecular flexibility index (Phi) is 6.17. The monoisotopic (exact) mass is 341 g/mol. The summed E-state index contributed by atoms with van der Waals surface area (Å²) in [7, 11) is 1.53. The van der Waals surface area contributed by atoms with Crippen LogP contribution in [0.3, 0.4) is 0 Å². The minimum absolute atomic E-state index is 0.184. The van der Waals surface area contributed by atoms with Crippen molar-refractivity contribution in [3.63, 3.8) is 0 Å². The lowest BCUT2D eigenvalue weighted by Crippen LogP contribution is -2.30. The van der Waals surface area contributed by atoms with Crippen molar-refractivity contribution >= 4 is 11.9 Å². The van der Waals surface area contributed by atoms with E-state index in [0.29, 0.717) is 17.2 Å². The van der Waals surface area contributed by atoms with Crippen LogP contribution in [0, 0.1) is 0 Å². The molecule has 132 valence electrons. The van der Waals surface area contributed by atoms with E-state index in [9.17, 15) is 14.7 Å². The third-order valence-electron chi connectivity index (χ3n) is 4.02. The number of hydrogen-bond donors (Lipinski definition) is 2. The van der Waals surface area contributed by atoms with Crippen molar-refractivity contribution in [2.45, 2.75) is 32.2 Å². The largest absolute Gasteiger partial charge is 0.497 e. The second-order valence-electron chi connectivity index (χ2n) is 6.18. The number of nitrogens with one attached hydrogen (secondary N) is 1. The van der Waals surface area contributed by atoms with Gasteiger partial charge < -0.3 is 15.2 Å². The Morgan fingerprint density at radius 3 is 2.28 bits per heavy atom. The van der Waals surface area contributed by atoms with Crippen molar-refractivity contribution in [3.8, 4) is 5.75 Å². The van der Waals surface area contributed by atoms with Gasteiger partial charge in [-0.3, -0.25) is 9.59 Å². The van der Waals surface area contributed by atoms with E-state index in [1.165, 1.54) is 7.11 Å². The minimum Gasteiger partial charge on any atom is -0.497 e. The van der Waals surface area contributed by atoms with Crippen molar-refractivity contribution in [1.29, 1.82) is 0 Å². The van der Waals surface area contributed by atoms with Gasteiger partial charge in [0.05, 0.1) is 19.6 Å². The highest BCUT2D eigenvalue weighted by atomic mass is 16.5. The Morgan fingerprint density at radius 1 is 1.08 bits per heavy atom. The molecule has 5 heteroatoms. The molecule has 0 heterocycles. The van der Waals surface area contributed by atoms with Gasteiger partial charge in [-0.25, -0.2) is 0 Å². The van der Waals surface area contributed by atoms with Crippen LogP contribution in [0.25, 0.3) is 0 Å². The van der Waals surface area contributed by atoms with Crippen LogP contribution < -0.4 is 10.1 Å². The first kappa shape index (κ1) is 18.5. The lowest BCUT2D eigenvalue weighted by atomic mass is 9.97. The van der Waals surface area contributed by atoms with Crippen LogP contribution in [0.4, 0.5) is 0 Å². The molecule has 2 N–H and O–H groups in total. The number of carboxylic acid groups (broad SMARTS) is 1. The summed E-state index contributed by atoms with van der Waals surface area (Å²) in [4.78, 5) is 23.7. The molecule has 5 nitrogen and oxygen atoms in total. The van der Waals surface area contributed by atoms with E-state index < -0.39 is 12.0 Å². The van der Waals surface area contributed by atoms with Gasteiger partial charge in [0.2, 0.25) is 0 Å². The Morgan fingerprint density at radius 2 is 1.72 bits per heavy atom. The number of methoxy groups -OCH3 is 1. The number of hydrogen-bond acceptors (Lipinski definition) is 3. The van der Waals surface area contributed by atoms with Gasteiger partial charge in [-0.05, 0) is 35.2 Å². The molecule has 0 spiro atoms. The SMILES string of the molecule is COc1cccc(C(=O)NC(CC(=O)O)c2ccc(C(C)C)cc2)c1. The fraction of sp³-hybridized carbons (Fsp3) is 0.300. The maximum atomic E-state index is 12.5. The van der Waals surface area contributed by atoms with E-state index in [1.54, 1.807) is 24.3 Å². The third kappa shape index (κ3) is 5.08. The van der Waals surface area contributed by atoms with Crippen LogP contribution in [-0.4, -0.2) is 24.1 Å². The van der Waals surface area contributed by atoms with Crippen LogP contribution >= 0.6 is 0 Å². The number of aliphatic carboxylic acids is 1. The summed E-state index contributed by atoms with van der Waals surface area (Å²) in [5.74, 6) is -0.343. The van der Waals surface area contributed by atoms with E-state index in [-0.39, 0.29) is 12.3 Å². The van der Waals surface area contributed by atoms with E-state index >= 15 is 0 Å². The summed E-state index contributed by atoms with van der Waals surface area (Å²) in [5, 5.41) is 12.0. The molecule has 0 saturated heterocycles. The molecule has 0 saturated carbocycles. The topological polar surface area (TPSA) is 75.6 Å². The molecule has 0 aliphatic heterocycles. The van der Waals surface area contributed by atoms with Crippen molar-refractivity contribution < 1.29 is 19.4 Å². The molecule has 0 fully saturated rings. The van der Waals surface area contributed by atoms with E-state index in [1.807, 2.05) is 24.3 Å². The number of carbonyl (C=O) groups is 2. The van der Waals surface area contributed by atoms with Gasteiger partial charge in [0.25, 0.3) is 5.91 Å². The normalized spacial score (nSPS) is 11.8. The van der Waals surface area contributed by atoms with E-state index in [2.05, 4.69) is 19.2 Å². The molecule has 1 atom stereocenters. The van der Waals surface area contributed by atoms with Gasteiger partial charge >= 0.3 is 5.97 Å². The standard InChI is InChI=1S/C20H23NO4/c1-13(2)14-7-9-15(10-8-14)18(12-19(22)23)21-20(24)16-5-4-6-17(11-16)25-3/h4-11,13,18H,12H2,1-3H3,(H,21,24)(H,22,23). The van der Waals surface area contributed by atoms with Gasteiger partial charge in [0.1, 0.15) is 5.75 Å². The van der Waals surface area contributed by atoms with Gasteiger partial charge in [-0.2, -0.15) is 0 Å². The van der Waals surface area contributed by atoms with Crippen LogP contribution in [0.1, 0.15) is 53.7 Å². The highest BCUT2D eigenvalue weighted by Crippen LogP contribution is 2.22. The fourth-order valence-electron chi connectivity index (χ4n) is 2.55. The van der Waals surface area contributed by atoms with Crippen molar-refractivity contribution in [1.82, 2.24) is 5.32 Å². The van der Waals surface area contributed by atoms with Crippen molar-refractivity contribution in [2.75, 3.05) is 7.11 Å². The number of benzene rings is 2. The summed E-state index contributed by atoms with van der Waals surface area (Å²) >= 11 is 0. The Balaban J connectivity index is 2.21. The number of rotatable bonds is 7. The van der Waals surface area contributed by atoms with Crippen LogP contribution in [0.2, 0.25) is 0 Å². The number of ether oxygens (including phenoxy) is 1. The van der Waals surface area contributed by atoms with E-state index in [0.717, 1.165) is 11.1 Å². The second-order valence-corrected chi connectivity index (χ2v) is 6.18. The van der Waals surface area contributed by atoms with Crippen LogP contribution in [0.5, 0.6) is 5.75 Å². The molecule has 0 bridgehead atoms. The quantitative estimate of drug-likeness (QED) is 0.804. The molecule has 2 aromatic rings. The third-order valence-corrected chi connectivity index (χ3v) is 4.02. The Labute approximate surface area is 147 Å². The lowest BCUT2D eigenvalue weighted by molar-refractivity contribution is -0.137. The van der Waals surface area contributed by atoms with Crippen LogP contribution in [-0.2, 0) is 4.79 Å². The van der Waals surface area contributed by atoms with Crippen molar-refractivity contribution in [2.24, 2.45) is 0 Å². The molecule has 0 radical (unpaired) electrons. The summed E-state index contributed by atoms with van der Waals surface area (Å²) in [5.41, 5.74) is 2.36. The Hall–Kier alpha value is -2.82. The maximum absolute atomic E-state index is 12.5.